The zero-order valence-electron chi connectivity index (χ0n) is 10.1. The molecule has 0 aliphatic rings. The average Bonchev–Trinajstić information content (AvgIpc) is 2.71. The summed E-state index contributed by atoms with van der Waals surface area (Å²) in [6, 6.07) is -1.33. The third-order valence-corrected chi connectivity index (χ3v) is 2.85. The lowest BCUT2D eigenvalue weighted by Gasteiger charge is -2.10. The van der Waals surface area contributed by atoms with Gasteiger partial charge in [-0.2, -0.15) is 0 Å². The van der Waals surface area contributed by atoms with E-state index < -0.39 is 30.2 Å². The van der Waals surface area contributed by atoms with Crippen molar-refractivity contribution in [1.29, 1.82) is 0 Å². The lowest BCUT2D eigenvalue weighted by Crippen LogP contribution is -2.42. The predicted molar refractivity (Wildman–Crippen MR) is 69.3 cm³/mol. The molecule has 0 aromatic carbocycles. The van der Waals surface area contributed by atoms with E-state index in [1.165, 1.54) is 17.4 Å². The first-order valence-corrected chi connectivity index (χ1v) is 6.18. The number of thiazole rings is 1. The SMILES string of the molecule is Cc1nc(/C=C/C(=O)NC(CC(N)=O)C(=O)O)cs1. The van der Waals surface area contributed by atoms with E-state index in [1.54, 1.807) is 5.38 Å². The summed E-state index contributed by atoms with van der Waals surface area (Å²) in [4.78, 5) is 37.0. The smallest absolute Gasteiger partial charge is 0.326 e. The number of aliphatic carboxylic acids is 1. The lowest BCUT2D eigenvalue weighted by atomic mass is 10.2. The van der Waals surface area contributed by atoms with Crippen molar-refractivity contribution in [2.24, 2.45) is 5.73 Å². The van der Waals surface area contributed by atoms with Gasteiger partial charge in [0.1, 0.15) is 6.04 Å². The molecule has 2 amide bonds. The van der Waals surface area contributed by atoms with Crippen LogP contribution >= 0.6 is 11.3 Å². The van der Waals surface area contributed by atoms with Crippen LogP contribution in [-0.2, 0) is 14.4 Å². The highest BCUT2D eigenvalue weighted by atomic mass is 32.1. The summed E-state index contributed by atoms with van der Waals surface area (Å²) < 4.78 is 0. The van der Waals surface area contributed by atoms with Gasteiger partial charge < -0.3 is 16.2 Å². The fourth-order valence-corrected chi connectivity index (χ4v) is 1.82. The van der Waals surface area contributed by atoms with Crippen molar-refractivity contribution in [3.63, 3.8) is 0 Å². The fourth-order valence-electron chi connectivity index (χ4n) is 1.24. The number of carbonyl (C=O) groups excluding carboxylic acids is 2. The minimum Gasteiger partial charge on any atom is -0.480 e. The Morgan fingerprint density at radius 3 is 2.74 bits per heavy atom. The Hall–Kier alpha value is -2.22. The van der Waals surface area contributed by atoms with Gasteiger partial charge >= 0.3 is 5.97 Å². The molecule has 19 heavy (non-hydrogen) atoms. The van der Waals surface area contributed by atoms with Crippen LogP contribution in [0.15, 0.2) is 11.5 Å². The minimum atomic E-state index is -1.33. The summed E-state index contributed by atoms with van der Waals surface area (Å²) in [5.41, 5.74) is 5.51. The Morgan fingerprint density at radius 1 is 1.58 bits per heavy atom. The maximum atomic E-state index is 11.5. The summed E-state index contributed by atoms with van der Waals surface area (Å²) in [6.07, 6.45) is 2.16. The molecule has 1 heterocycles. The van der Waals surface area contributed by atoms with E-state index in [-0.39, 0.29) is 0 Å². The number of hydrogen-bond donors (Lipinski definition) is 3. The summed E-state index contributed by atoms with van der Waals surface area (Å²) in [5.74, 6) is -2.74. The van der Waals surface area contributed by atoms with E-state index >= 15 is 0 Å². The first-order valence-electron chi connectivity index (χ1n) is 5.30. The number of amides is 2. The van der Waals surface area contributed by atoms with Crippen molar-refractivity contribution >= 4 is 35.2 Å². The van der Waals surface area contributed by atoms with Gasteiger partial charge in [-0.1, -0.05) is 0 Å². The highest BCUT2D eigenvalue weighted by Crippen LogP contribution is 2.09. The topological polar surface area (TPSA) is 122 Å². The number of nitrogens with two attached hydrogens (primary N) is 1. The molecule has 8 heteroatoms. The molecule has 0 aliphatic carbocycles. The van der Waals surface area contributed by atoms with Crippen LogP contribution in [0, 0.1) is 6.92 Å². The zero-order valence-corrected chi connectivity index (χ0v) is 10.9. The van der Waals surface area contributed by atoms with Gasteiger partial charge in [0.05, 0.1) is 17.1 Å². The molecule has 102 valence electrons. The first kappa shape index (κ1) is 14.8. The highest BCUT2D eigenvalue weighted by molar-refractivity contribution is 7.09. The number of aryl methyl sites for hydroxylation is 1. The van der Waals surface area contributed by atoms with Crippen molar-refractivity contribution in [3.05, 3.63) is 22.2 Å². The van der Waals surface area contributed by atoms with Gasteiger partial charge in [0, 0.05) is 11.5 Å². The van der Waals surface area contributed by atoms with Crippen LogP contribution in [0.5, 0.6) is 0 Å². The summed E-state index contributed by atoms with van der Waals surface area (Å²) >= 11 is 1.43. The van der Waals surface area contributed by atoms with Crippen LogP contribution in [0.3, 0.4) is 0 Å². The van der Waals surface area contributed by atoms with Crippen LogP contribution in [0.2, 0.25) is 0 Å². The Kier molecular flexibility index (Phi) is 5.19. The highest BCUT2D eigenvalue weighted by Gasteiger charge is 2.20. The molecular weight excluding hydrogens is 270 g/mol. The Bertz CT molecular complexity index is 524. The second-order valence-electron chi connectivity index (χ2n) is 3.69. The van der Waals surface area contributed by atoms with Gasteiger partial charge in [-0.25, -0.2) is 9.78 Å². The van der Waals surface area contributed by atoms with Crippen molar-refractivity contribution in [3.8, 4) is 0 Å². The Morgan fingerprint density at radius 2 is 2.26 bits per heavy atom. The first-order chi connectivity index (χ1) is 8.88. The maximum absolute atomic E-state index is 11.5. The minimum absolute atomic E-state index is 0.454. The molecule has 1 atom stereocenters. The number of nitrogens with one attached hydrogen (secondary N) is 1. The number of carbonyl (C=O) groups is 3. The average molecular weight is 283 g/mol. The predicted octanol–water partition coefficient (Wildman–Crippen LogP) is -0.0905. The summed E-state index contributed by atoms with van der Waals surface area (Å²) in [7, 11) is 0. The van der Waals surface area contributed by atoms with Crippen molar-refractivity contribution < 1.29 is 19.5 Å². The van der Waals surface area contributed by atoms with Crippen LogP contribution < -0.4 is 11.1 Å². The van der Waals surface area contributed by atoms with E-state index in [4.69, 9.17) is 10.8 Å². The summed E-state index contributed by atoms with van der Waals surface area (Å²) in [5, 5.41) is 13.6. The molecule has 0 aliphatic heterocycles. The number of rotatable bonds is 6. The van der Waals surface area contributed by atoms with Gasteiger partial charge in [0.25, 0.3) is 0 Å². The molecule has 1 aromatic rings. The van der Waals surface area contributed by atoms with Gasteiger partial charge in [0.15, 0.2) is 0 Å². The molecule has 1 aromatic heterocycles. The lowest BCUT2D eigenvalue weighted by molar-refractivity contribution is -0.142. The monoisotopic (exact) mass is 283 g/mol. The molecule has 1 unspecified atom stereocenters. The Balaban J connectivity index is 2.60. The molecule has 0 saturated carbocycles. The van der Waals surface area contributed by atoms with E-state index in [2.05, 4.69) is 10.3 Å². The number of aromatic nitrogens is 1. The standard InChI is InChI=1S/C11H13N3O4S/c1-6-13-7(5-19-6)2-3-10(16)14-8(11(17)18)4-9(12)15/h2-3,5,8H,4H2,1H3,(H2,12,15)(H,14,16)(H,17,18)/b3-2+. The number of hydrogen-bond acceptors (Lipinski definition) is 5. The molecule has 0 fully saturated rings. The van der Waals surface area contributed by atoms with E-state index in [0.29, 0.717) is 5.69 Å². The molecule has 0 saturated heterocycles. The molecular formula is C11H13N3O4S. The fraction of sp³-hybridized carbons (Fsp3) is 0.273. The number of carboxylic acid groups (broad SMARTS) is 1. The third kappa shape index (κ3) is 5.30. The second kappa shape index (κ2) is 6.64. The molecule has 4 N–H and O–H groups in total. The molecule has 1 rings (SSSR count). The molecule has 0 spiro atoms. The van der Waals surface area contributed by atoms with Gasteiger partial charge in [0.2, 0.25) is 11.8 Å². The van der Waals surface area contributed by atoms with Crippen LogP contribution in [0.4, 0.5) is 0 Å². The van der Waals surface area contributed by atoms with Crippen molar-refractivity contribution in [1.82, 2.24) is 10.3 Å². The van der Waals surface area contributed by atoms with Gasteiger partial charge in [-0.15, -0.1) is 11.3 Å². The molecule has 0 bridgehead atoms. The maximum Gasteiger partial charge on any atom is 0.326 e. The van der Waals surface area contributed by atoms with E-state index in [9.17, 15) is 14.4 Å². The summed E-state index contributed by atoms with van der Waals surface area (Å²) in [6.45, 7) is 1.83. The van der Waals surface area contributed by atoms with Crippen molar-refractivity contribution in [2.45, 2.75) is 19.4 Å². The second-order valence-corrected chi connectivity index (χ2v) is 4.76. The Labute approximate surface area is 113 Å². The van der Waals surface area contributed by atoms with Gasteiger partial charge in [-0.05, 0) is 13.0 Å². The van der Waals surface area contributed by atoms with Gasteiger partial charge in [-0.3, -0.25) is 9.59 Å². The van der Waals surface area contributed by atoms with Crippen LogP contribution in [0.1, 0.15) is 17.1 Å². The van der Waals surface area contributed by atoms with Crippen molar-refractivity contribution in [2.75, 3.05) is 0 Å². The number of carboxylic acids is 1. The normalized spacial score (nSPS) is 12.3. The van der Waals surface area contributed by atoms with Crippen LogP contribution in [-0.4, -0.2) is 33.9 Å². The number of nitrogens with zero attached hydrogens (tertiary/aromatic N) is 1. The van der Waals surface area contributed by atoms with E-state index in [1.807, 2.05) is 6.92 Å². The van der Waals surface area contributed by atoms with Crippen LogP contribution in [0.25, 0.3) is 6.08 Å². The zero-order chi connectivity index (χ0) is 14.4. The molecule has 7 nitrogen and oxygen atoms in total. The van der Waals surface area contributed by atoms with E-state index in [0.717, 1.165) is 11.1 Å². The number of primary amides is 1. The third-order valence-electron chi connectivity index (χ3n) is 2.06. The molecule has 0 radical (unpaired) electrons. The largest absolute Gasteiger partial charge is 0.480 e. The quantitative estimate of drug-likeness (QED) is 0.630.